The molecule has 4 aliphatic carbocycles. The summed E-state index contributed by atoms with van der Waals surface area (Å²) >= 11 is 1.44. The Morgan fingerprint density at radius 2 is 1.81 bits per heavy atom. The number of nitrogen functional groups attached to an aromatic ring is 1. The molecule has 0 atom stereocenters. The zero-order chi connectivity index (χ0) is 18.1. The maximum atomic E-state index is 12.4. The molecule has 2 heterocycles. The number of thiophene rings is 1. The number of nitrogens with one attached hydrogen (secondary N) is 1. The molecule has 0 saturated heterocycles. The number of hydrogen-bond donors (Lipinski definition) is 2. The minimum atomic E-state index is -0.0862. The fraction of sp³-hybridized carbons (Fsp3) is 0.619. The number of anilines is 1. The fourth-order valence-electron chi connectivity index (χ4n) is 6.21. The fourth-order valence-corrected chi connectivity index (χ4v) is 7.21. The summed E-state index contributed by atoms with van der Waals surface area (Å²) in [6, 6.07) is 4.40. The molecule has 4 saturated carbocycles. The van der Waals surface area contributed by atoms with Crippen molar-refractivity contribution in [2.24, 2.45) is 17.8 Å². The monoisotopic (exact) mass is 369 g/mol. The summed E-state index contributed by atoms with van der Waals surface area (Å²) in [7, 11) is 0. The Morgan fingerprint density at radius 1 is 1.19 bits per heavy atom. The van der Waals surface area contributed by atoms with Crippen LogP contribution < -0.4 is 11.1 Å². The van der Waals surface area contributed by atoms with Gasteiger partial charge in [0.05, 0.1) is 5.69 Å². The number of carbonyl (C=O) groups is 1. The van der Waals surface area contributed by atoms with Gasteiger partial charge < -0.3 is 11.1 Å². The van der Waals surface area contributed by atoms with E-state index < -0.39 is 0 Å². The Balaban J connectivity index is 1.53. The SMILES string of the molecule is CC(C)NC(=O)c1sc2nc(C34CC5CC(CC(C5)C3)C4)ccc2c1N. The van der Waals surface area contributed by atoms with Gasteiger partial charge >= 0.3 is 0 Å². The van der Waals surface area contributed by atoms with Gasteiger partial charge in [-0.1, -0.05) is 0 Å². The molecular formula is C21H27N3OS. The number of amides is 1. The maximum absolute atomic E-state index is 12.4. The molecule has 3 N–H and O–H groups in total. The largest absolute Gasteiger partial charge is 0.397 e. The van der Waals surface area contributed by atoms with Gasteiger partial charge in [0, 0.05) is 22.5 Å². The highest BCUT2D eigenvalue weighted by atomic mass is 32.1. The Kier molecular flexibility index (Phi) is 3.62. The number of hydrogen-bond acceptors (Lipinski definition) is 4. The van der Waals surface area contributed by atoms with Crippen LogP contribution in [-0.2, 0) is 5.41 Å². The van der Waals surface area contributed by atoms with E-state index in [-0.39, 0.29) is 17.4 Å². The lowest BCUT2D eigenvalue weighted by Gasteiger charge is -2.56. The number of rotatable bonds is 3. The van der Waals surface area contributed by atoms with Crippen LogP contribution in [-0.4, -0.2) is 16.9 Å². The van der Waals surface area contributed by atoms with Crippen LogP contribution in [0.25, 0.3) is 10.2 Å². The highest BCUT2D eigenvalue weighted by Crippen LogP contribution is 2.60. The molecule has 1 amide bonds. The topological polar surface area (TPSA) is 68.0 Å². The summed E-state index contributed by atoms with van der Waals surface area (Å²) in [5, 5.41) is 3.88. The highest BCUT2D eigenvalue weighted by Gasteiger charge is 2.52. The lowest BCUT2D eigenvalue weighted by Crippen LogP contribution is -2.48. The summed E-state index contributed by atoms with van der Waals surface area (Å²) in [5.41, 5.74) is 8.39. The number of pyridine rings is 1. The lowest BCUT2D eigenvalue weighted by molar-refractivity contribution is -0.00704. The second-order valence-electron chi connectivity index (χ2n) is 9.22. The molecule has 0 aliphatic heterocycles. The third-order valence-corrected chi connectivity index (χ3v) is 7.92. The van der Waals surface area contributed by atoms with Crippen molar-refractivity contribution in [3.05, 3.63) is 22.7 Å². The molecule has 2 aromatic heterocycles. The third kappa shape index (κ3) is 2.47. The van der Waals surface area contributed by atoms with Crippen molar-refractivity contribution in [1.29, 1.82) is 0 Å². The van der Waals surface area contributed by atoms with Gasteiger partial charge in [0.1, 0.15) is 9.71 Å². The molecule has 0 spiro atoms. The molecule has 2 aromatic rings. The first-order valence-electron chi connectivity index (χ1n) is 9.94. The smallest absolute Gasteiger partial charge is 0.263 e. The molecule has 4 bridgehead atoms. The van der Waals surface area contributed by atoms with Gasteiger partial charge in [-0.2, -0.15) is 0 Å². The minimum Gasteiger partial charge on any atom is -0.397 e. The zero-order valence-corrected chi connectivity index (χ0v) is 16.4. The molecule has 0 aromatic carbocycles. The van der Waals surface area contributed by atoms with E-state index in [1.54, 1.807) is 0 Å². The van der Waals surface area contributed by atoms with Crippen LogP contribution >= 0.6 is 11.3 Å². The maximum Gasteiger partial charge on any atom is 0.263 e. The van der Waals surface area contributed by atoms with E-state index in [0.717, 1.165) is 28.0 Å². The van der Waals surface area contributed by atoms with Crippen LogP contribution in [0.2, 0.25) is 0 Å². The van der Waals surface area contributed by atoms with E-state index in [4.69, 9.17) is 10.7 Å². The van der Waals surface area contributed by atoms with E-state index in [1.165, 1.54) is 55.6 Å². The number of nitrogens with two attached hydrogens (primary N) is 1. The number of fused-ring (bicyclic) bond motifs is 1. The molecule has 6 rings (SSSR count). The molecule has 4 fully saturated rings. The van der Waals surface area contributed by atoms with E-state index in [2.05, 4.69) is 17.4 Å². The van der Waals surface area contributed by atoms with Crippen molar-refractivity contribution < 1.29 is 4.79 Å². The van der Waals surface area contributed by atoms with Crippen LogP contribution in [0.15, 0.2) is 12.1 Å². The predicted molar refractivity (Wildman–Crippen MR) is 106 cm³/mol. The molecule has 0 unspecified atom stereocenters. The highest BCUT2D eigenvalue weighted by molar-refractivity contribution is 7.21. The molecular weight excluding hydrogens is 342 g/mol. The molecule has 4 aliphatic rings. The Hall–Kier alpha value is -1.62. The Bertz CT molecular complexity index is 849. The third-order valence-electron chi connectivity index (χ3n) is 6.80. The van der Waals surface area contributed by atoms with Crippen LogP contribution in [0.5, 0.6) is 0 Å². The number of aromatic nitrogens is 1. The summed E-state index contributed by atoms with van der Waals surface area (Å²) < 4.78 is 0. The second kappa shape index (κ2) is 5.69. The molecule has 4 nitrogen and oxygen atoms in total. The quantitative estimate of drug-likeness (QED) is 0.838. The standard InChI is InChI=1S/C21H27N3OS/c1-11(2)23-19(25)18-17(22)15-3-4-16(24-20(15)26-18)21-8-12-5-13(9-21)7-14(6-12)10-21/h3-4,11-14H,5-10,22H2,1-2H3,(H,23,25). The van der Waals surface area contributed by atoms with Gasteiger partial charge in [-0.05, 0) is 82.3 Å². The number of nitrogens with zero attached hydrogens (tertiary/aromatic N) is 1. The zero-order valence-electron chi connectivity index (χ0n) is 15.5. The average molecular weight is 370 g/mol. The van der Waals surface area contributed by atoms with Crippen LogP contribution in [0, 0.1) is 17.8 Å². The van der Waals surface area contributed by atoms with Gasteiger partial charge in [-0.25, -0.2) is 4.98 Å². The normalized spacial score (nSPS) is 32.5. The van der Waals surface area contributed by atoms with Crippen LogP contribution in [0.1, 0.15) is 67.7 Å². The average Bonchev–Trinajstić information content (AvgIpc) is 2.89. The first-order valence-corrected chi connectivity index (χ1v) is 10.8. The number of carbonyl (C=O) groups excluding carboxylic acids is 1. The van der Waals surface area contributed by atoms with Gasteiger partial charge in [-0.3, -0.25) is 4.79 Å². The minimum absolute atomic E-state index is 0.0862. The molecule has 0 radical (unpaired) electrons. The first-order chi connectivity index (χ1) is 12.4. The van der Waals surface area contributed by atoms with Gasteiger partial charge in [0.25, 0.3) is 5.91 Å². The molecule has 138 valence electrons. The van der Waals surface area contributed by atoms with Crippen molar-refractivity contribution in [3.63, 3.8) is 0 Å². The van der Waals surface area contributed by atoms with E-state index in [9.17, 15) is 4.79 Å². The van der Waals surface area contributed by atoms with Crippen molar-refractivity contribution in [1.82, 2.24) is 10.3 Å². The van der Waals surface area contributed by atoms with Crippen molar-refractivity contribution >= 4 is 33.1 Å². The summed E-state index contributed by atoms with van der Waals surface area (Å²) in [4.78, 5) is 19.0. The summed E-state index contributed by atoms with van der Waals surface area (Å²) in [5.74, 6) is 2.62. The second-order valence-corrected chi connectivity index (χ2v) is 10.2. The van der Waals surface area contributed by atoms with Gasteiger partial charge in [-0.15, -0.1) is 11.3 Å². The van der Waals surface area contributed by atoms with Crippen LogP contribution in [0.4, 0.5) is 5.69 Å². The summed E-state index contributed by atoms with van der Waals surface area (Å²) in [6.07, 6.45) is 8.23. The van der Waals surface area contributed by atoms with Crippen molar-refractivity contribution in [3.8, 4) is 0 Å². The molecule has 26 heavy (non-hydrogen) atoms. The van der Waals surface area contributed by atoms with Crippen LogP contribution in [0.3, 0.4) is 0 Å². The van der Waals surface area contributed by atoms with Crippen molar-refractivity contribution in [2.75, 3.05) is 5.73 Å². The Labute approximate surface area is 158 Å². The van der Waals surface area contributed by atoms with Gasteiger partial charge in [0.15, 0.2) is 0 Å². The molecule has 5 heteroatoms. The summed E-state index contributed by atoms with van der Waals surface area (Å²) in [6.45, 7) is 3.93. The Morgan fingerprint density at radius 3 is 2.38 bits per heavy atom. The van der Waals surface area contributed by atoms with Gasteiger partial charge in [0.2, 0.25) is 0 Å². The van der Waals surface area contributed by atoms with Crippen molar-refractivity contribution in [2.45, 2.75) is 63.8 Å². The van der Waals surface area contributed by atoms with E-state index in [1.807, 2.05) is 13.8 Å². The van der Waals surface area contributed by atoms with E-state index >= 15 is 0 Å². The predicted octanol–water partition coefficient (Wildman–Crippen LogP) is 4.48. The first kappa shape index (κ1) is 16.5. The lowest BCUT2D eigenvalue weighted by atomic mass is 9.49. The van der Waals surface area contributed by atoms with E-state index in [0.29, 0.717) is 10.6 Å².